The number of aliphatic hydroxyl groups is 2. The van der Waals surface area contributed by atoms with E-state index in [1.54, 1.807) is 33.1 Å². The third-order valence-corrected chi connectivity index (χ3v) is 14.2. The highest BCUT2D eigenvalue weighted by Gasteiger charge is 2.92. The average molecular weight is 717 g/mol. The Labute approximate surface area is 295 Å². The number of carbonyl (C=O) groups excluding carboxylic acids is 5. The van der Waals surface area contributed by atoms with Crippen molar-refractivity contribution in [3.63, 3.8) is 0 Å². The molecule has 280 valence electrons. The van der Waals surface area contributed by atoms with Gasteiger partial charge in [-0.05, 0) is 43.7 Å². The van der Waals surface area contributed by atoms with Gasteiger partial charge in [-0.1, -0.05) is 27.7 Å². The van der Waals surface area contributed by atoms with Crippen LogP contribution < -0.4 is 0 Å². The van der Waals surface area contributed by atoms with Crippen molar-refractivity contribution in [1.29, 1.82) is 0 Å². The van der Waals surface area contributed by atoms with Gasteiger partial charge in [0.25, 0.3) is 0 Å². The zero-order valence-corrected chi connectivity index (χ0v) is 30.2. The first-order valence-corrected chi connectivity index (χ1v) is 17.8. The Balaban J connectivity index is 1.45. The van der Waals surface area contributed by atoms with Gasteiger partial charge < -0.3 is 43.1 Å². The van der Waals surface area contributed by atoms with Gasteiger partial charge in [-0.25, -0.2) is 0 Å². The molecule has 16 atom stereocenters. The van der Waals surface area contributed by atoms with Crippen molar-refractivity contribution in [2.24, 2.45) is 39.4 Å². The van der Waals surface area contributed by atoms with Gasteiger partial charge >= 0.3 is 23.9 Å². The van der Waals surface area contributed by atoms with Crippen LogP contribution in [-0.4, -0.2) is 95.0 Å². The first-order valence-electron chi connectivity index (χ1n) is 17.8. The van der Waals surface area contributed by atoms with Crippen LogP contribution in [0, 0.1) is 39.4 Å². The van der Waals surface area contributed by atoms with Crippen LogP contribution in [-0.2, 0) is 52.4 Å². The Hall–Kier alpha value is -3.33. The fourth-order valence-electron chi connectivity index (χ4n) is 12.1. The largest absolute Gasteiger partial charge is 0.472 e. The molecule has 2 saturated heterocycles. The molecule has 1 aromatic heterocycles. The fraction of sp³-hybridized carbons (Fsp3) is 0.757. The lowest BCUT2D eigenvalue weighted by molar-refractivity contribution is -0.463. The quantitative estimate of drug-likeness (QED) is 0.309. The third-order valence-electron chi connectivity index (χ3n) is 14.2. The van der Waals surface area contributed by atoms with Crippen molar-refractivity contribution in [3.8, 4) is 0 Å². The number of rotatable bonds is 7. The number of ketones is 1. The molecule has 16 unspecified atom stereocenters. The Bertz CT molecular complexity index is 1640. The Morgan fingerprint density at radius 1 is 0.961 bits per heavy atom. The molecule has 0 radical (unpaired) electrons. The number of aliphatic hydroxyl groups excluding tert-OH is 2. The van der Waals surface area contributed by atoms with E-state index in [4.69, 9.17) is 32.8 Å². The zero-order chi connectivity index (χ0) is 37.2. The van der Waals surface area contributed by atoms with E-state index in [0.717, 1.165) is 6.92 Å². The molecule has 6 fully saturated rings. The number of hydrogen-bond acceptors (Lipinski definition) is 14. The normalized spacial score (nSPS) is 48.2. The molecule has 2 N–H and O–H groups in total. The molecule has 1 spiro atoms. The second kappa shape index (κ2) is 11.6. The van der Waals surface area contributed by atoms with Crippen LogP contribution in [0.15, 0.2) is 23.0 Å². The van der Waals surface area contributed by atoms with Crippen molar-refractivity contribution in [1.82, 2.24) is 0 Å². The van der Waals surface area contributed by atoms with Crippen molar-refractivity contribution < 1.29 is 67.0 Å². The van der Waals surface area contributed by atoms with Gasteiger partial charge in [-0.2, -0.15) is 0 Å². The lowest BCUT2D eigenvalue weighted by Crippen LogP contribution is -2.92. The summed E-state index contributed by atoms with van der Waals surface area (Å²) in [4.78, 5) is 67.1. The number of Topliss-reactive ketones (excluding diaryl/α,β-unsaturated/α-hetero) is 1. The van der Waals surface area contributed by atoms with Gasteiger partial charge in [0.2, 0.25) is 6.29 Å². The molecular formula is C37H48O14. The first-order chi connectivity index (χ1) is 23.9. The number of hydrogen-bond donors (Lipinski definition) is 2. The zero-order valence-electron chi connectivity index (χ0n) is 30.2. The molecule has 2 bridgehead atoms. The van der Waals surface area contributed by atoms with E-state index >= 15 is 4.79 Å². The summed E-state index contributed by atoms with van der Waals surface area (Å²) in [6.07, 6.45) is -5.30. The van der Waals surface area contributed by atoms with Gasteiger partial charge in [0.15, 0.2) is 24.1 Å². The van der Waals surface area contributed by atoms with Crippen LogP contribution in [0.5, 0.6) is 0 Å². The van der Waals surface area contributed by atoms with E-state index in [1.807, 2.05) is 13.8 Å². The molecule has 3 heterocycles. The molecule has 4 saturated carbocycles. The van der Waals surface area contributed by atoms with Crippen LogP contribution >= 0.6 is 0 Å². The van der Waals surface area contributed by atoms with Crippen LogP contribution in [0.3, 0.4) is 0 Å². The molecule has 14 nitrogen and oxygen atoms in total. The standard InChI is InChI=1S/C37H48O14/c1-9-16(2)31(44)50-32-33(6)22-13-24-35(8)27(36(22,15-46-32)28(43)26(47-17(3)38)30(33)49-19(5)40)25(42)29(48-18(4)39)34(7)21(20-10-11-45-14-20)12-23(41)37(34,35)51-24/h10-11,14,16,21-24,26-30,32,41,43H,9,12-13,15H2,1-8H3. The minimum Gasteiger partial charge on any atom is -0.472 e. The van der Waals surface area contributed by atoms with Gasteiger partial charge in [0.1, 0.15) is 11.7 Å². The monoisotopic (exact) mass is 716 g/mol. The molecule has 7 rings (SSSR count). The summed E-state index contributed by atoms with van der Waals surface area (Å²) in [6, 6.07) is 1.75. The van der Waals surface area contributed by atoms with E-state index in [0.29, 0.717) is 12.0 Å². The van der Waals surface area contributed by atoms with Crippen molar-refractivity contribution in [2.75, 3.05) is 6.61 Å². The second-order valence-corrected chi connectivity index (χ2v) is 16.3. The van der Waals surface area contributed by atoms with Gasteiger partial charge in [-0.15, -0.1) is 0 Å². The minimum absolute atomic E-state index is 0.168. The van der Waals surface area contributed by atoms with Crippen LogP contribution in [0.2, 0.25) is 0 Å². The second-order valence-electron chi connectivity index (χ2n) is 16.3. The molecule has 4 aliphatic carbocycles. The average Bonchev–Trinajstić information content (AvgIpc) is 3.67. The lowest BCUT2D eigenvalue weighted by atomic mass is 9.30. The Kier molecular flexibility index (Phi) is 8.19. The maximum absolute atomic E-state index is 15.5. The number of furan rings is 1. The molecule has 0 aromatic carbocycles. The van der Waals surface area contributed by atoms with Crippen LogP contribution in [0.4, 0.5) is 0 Å². The fourth-order valence-corrected chi connectivity index (χ4v) is 12.1. The SMILES string of the molecule is CCC(C)C(=O)OC1OCC23C(O)C(OC(C)=O)C(OC(C)=O)C1(C)C2CC1OC24C(O)CC(c5ccoc5)C2(C)C(OC(C)=O)C(=O)C3C14C. The van der Waals surface area contributed by atoms with E-state index < -0.39 is 124 Å². The third kappa shape index (κ3) is 4.21. The summed E-state index contributed by atoms with van der Waals surface area (Å²) < 4.78 is 42.5. The predicted octanol–water partition coefficient (Wildman–Crippen LogP) is 2.60. The molecule has 51 heavy (non-hydrogen) atoms. The predicted molar refractivity (Wildman–Crippen MR) is 171 cm³/mol. The van der Waals surface area contributed by atoms with Gasteiger partial charge in [0.05, 0.1) is 48.1 Å². The Morgan fingerprint density at radius 3 is 2.22 bits per heavy atom. The molecule has 6 aliphatic rings. The van der Waals surface area contributed by atoms with Crippen LogP contribution in [0.1, 0.15) is 86.1 Å². The molecule has 0 amide bonds. The van der Waals surface area contributed by atoms with Gasteiger partial charge in [0, 0.05) is 43.4 Å². The van der Waals surface area contributed by atoms with E-state index in [2.05, 4.69) is 0 Å². The highest BCUT2D eigenvalue weighted by Crippen LogP contribution is 2.82. The number of esters is 4. The van der Waals surface area contributed by atoms with Gasteiger partial charge in [-0.3, -0.25) is 24.0 Å². The lowest BCUT2D eigenvalue weighted by Gasteiger charge is -2.81. The molecule has 2 aliphatic heterocycles. The number of carbonyl (C=O) groups is 5. The minimum atomic E-state index is -1.66. The van der Waals surface area contributed by atoms with Crippen molar-refractivity contribution >= 4 is 29.7 Å². The smallest absolute Gasteiger partial charge is 0.310 e. The summed E-state index contributed by atoms with van der Waals surface area (Å²) in [5, 5.41) is 24.9. The summed E-state index contributed by atoms with van der Waals surface area (Å²) in [6.45, 7) is 12.1. The summed E-state index contributed by atoms with van der Waals surface area (Å²) in [5.41, 5.74) is -6.29. The summed E-state index contributed by atoms with van der Waals surface area (Å²) in [5.74, 6) is -6.33. The Morgan fingerprint density at radius 2 is 1.63 bits per heavy atom. The molecular weight excluding hydrogens is 668 g/mol. The number of ether oxygens (including phenoxy) is 6. The van der Waals surface area contributed by atoms with E-state index in [9.17, 15) is 29.4 Å². The van der Waals surface area contributed by atoms with Crippen molar-refractivity contribution in [2.45, 2.75) is 129 Å². The molecule has 1 aromatic rings. The summed E-state index contributed by atoms with van der Waals surface area (Å²) >= 11 is 0. The van der Waals surface area contributed by atoms with E-state index in [-0.39, 0.29) is 19.4 Å². The highest BCUT2D eigenvalue weighted by molar-refractivity contribution is 5.93. The van der Waals surface area contributed by atoms with Crippen LogP contribution in [0.25, 0.3) is 0 Å². The maximum atomic E-state index is 15.5. The first kappa shape index (κ1) is 36.0. The van der Waals surface area contributed by atoms with E-state index in [1.165, 1.54) is 20.1 Å². The summed E-state index contributed by atoms with van der Waals surface area (Å²) in [7, 11) is 0. The maximum Gasteiger partial charge on any atom is 0.310 e. The highest BCUT2D eigenvalue weighted by atomic mass is 16.7. The van der Waals surface area contributed by atoms with Crippen molar-refractivity contribution in [3.05, 3.63) is 24.2 Å². The molecule has 14 heteroatoms. The topological polar surface area (TPSA) is 194 Å².